The van der Waals surface area contributed by atoms with Gasteiger partial charge >= 0.3 is 0 Å². The smallest absolute Gasteiger partial charge is 0.266 e. The maximum atomic E-state index is 13.1. The molecular weight excluding hydrogens is 354 g/mol. The number of benzene rings is 3. The Bertz CT molecular complexity index is 1190. The van der Waals surface area contributed by atoms with E-state index in [9.17, 15) is 4.79 Å². The van der Waals surface area contributed by atoms with E-state index in [2.05, 4.69) is 6.07 Å². The van der Waals surface area contributed by atoms with Gasteiger partial charge in [-0.1, -0.05) is 54.2 Å². The first-order valence-electron chi connectivity index (χ1n) is 8.45. The molecule has 0 N–H and O–H groups in total. The van der Waals surface area contributed by atoms with Gasteiger partial charge in [-0.05, 0) is 42.0 Å². The van der Waals surface area contributed by atoms with Crippen LogP contribution in [0, 0.1) is 11.3 Å². The molecule has 1 aromatic heterocycles. The number of hydrogen-bond donors (Lipinski definition) is 0. The highest BCUT2D eigenvalue weighted by atomic mass is 32.2. The van der Waals surface area contributed by atoms with Gasteiger partial charge < -0.3 is 0 Å². The molecule has 27 heavy (non-hydrogen) atoms. The van der Waals surface area contributed by atoms with E-state index in [1.165, 1.54) is 11.8 Å². The predicted molar refractivity (Wildman–Crippen MR) is 108 cm³/mol. The van der Waals surface area contributed by atoms with Crippen molar-refractivity contribution >= 4 is 22.7 Å². The number of hydrogen-bond acceptors (Lipinski definition) is 4. The maximum Gasteiger partial charge on any atom is 0.266 e. The molecule has 0 aliphatic rings. The molecule has 0 aliphatic carbocycles. The van der Waals surface area contributed by atoms with Crippen molar-refractivity contribution < 1.29 is 0 Å². The van der Waals surface area contributed by atoms with Gasteiger partial charge in [0, 0.05) is 5.75 Å². The lowest BCUT2D eigenvalue weighted by molar-refractivity contribution is 0.819. The topological polar surface area (TPSA) is 58.7 Å². The molecule has 0 atom stereocenters. The average Bonchev–Trinajstić information content (AvgIpc) is 2.73. The van der Waals surface area contributed by atoms with Crippen LogP contribution in [0.3, 0.4) is 0 Å². The van der Waals surface area contributed by atoms with E-state index in [-0.39, 0.29) is 5.56 Å². The summed E-state index contributed by atoms with van der Waals surface area (Å²) in [7, 11) is 0. The van der Waals surface area contributed by atoms with Crippen LogP contribution in [0.5, 0.6) is 0 Å². The summed E-state index contributed by atoms with van der Waals surface area (Å²) in [4.78, 5) is 17.9. The van der Waals surface area contributed by atoms with Gasteiger partial charge in [-0.3, -0.25) is 9.36 Å². The molecular formula is C22H15N3OS. The van der Waals surface area contributed by atoms with Crippen LogP contribution < -0.4 is 5.56 Å². The molecule has 0 saturated carbocycles. The molecule has 3 aromatic carbocycles. The number of thioether (sulfide) groups is 1. The lowest BCUT2D eigenvalue weighted by atomic mass is 10.2. The van der Waals surface area contributed by atoms with Crippen LogP contribution in [0.15, 0.2) is 88.8 Å². The summed E-state index contributed by atoms with van der Waals surface area (Å²) < 4.78 is 1.66. The third-order valence-corrected chi connectivity index (χ3v) is 5.22. The van der Waals surface area contributed by atoms with Crippen LogP contribution in [0.1, 0.15) is 11.1 Å². The van der Waals surface area contributed by atoms with Gasteiger partial charge in [0.05, 0.1) is 28.2 Å². The van der Waals surface area contributed by atoms with E-state index in [4.69, 9.17) is 10.2 Å². The molecule has 0 saturated heterocycles. The zero-order chi connectivity index (χ0) is 18.6. The number of para-hydroxylation sites is 2. The van der Waals surface area contributed by atoms with Crippen LogP contribution in [0.2, 0.25) is 0 Å². The van der Waals surface area contributed by atoms with E-state index in [0.717, 1.165) is 11.3 Å². The second-order valence-corrected chi connectivity index (χ2v) is 6.93. The first kappa shape index (κ1) is 17.1. The average molecular weight is 369 g/mol. The summed E-state index contributed by atoms with van der Waals surface area (Å²) in [5, 5.41) is 10.2. The number of fused-ring (bicyclic) bond motifs is 1. The van der Waals surface area contributed by atoms with Gasteiger partial charge in [0.25, 0.3) is 5.56 Å². The summed E-state index contributed by atoms with van der Waals surface area (Å²) in [6.45, 7) is 0. The Labute approximate surface area is 160 Å². The Morgan fingerprint density at radius 2 is 1.63 bits per heavy atom. The zero-order valence-electron chi connectivity index (χ0n) is 14.4. The minimum Gasteiger partial charge on any atom is -0.268 e. The molecule has 0 amide bonds. The van der Waals surface area contributed by atoms with Crippen molar-refractivity contribution in [2.24, 2.45) is 0 Å². The molecule has 5 heteroatoms. The second-order valence-electron chi connectivity index (χ2n) is 5.99. The van der Waals surface area contributed by atoms with Gasteiger partial charge in [-0.15, -0.1) is 0 Å². The molecule has 0 bridgehead atoms. The number of nitrogens with zero attached hydrogens (tertiary/aromatic N) is 3. The lowest BCUT2D eigenvalue weighted by Crippen LogP contribution is -2.21. The highest BCUT2D eigenvalue weighted by Gasteiger charge is 2.13. The second kappa shape index (κ2) is 7.48. The normalized spacial score (nSPS) is 10.6. The standard InChI is InChI=1S/C22H15N3OS/c23-14-16-10-12-17(13-11-16)15-27-22-24-20-9-5-4-8-19(20)21(26)25(22)18-6-2-1-3-7-18/h1-13H,15H2. The minimum absolute atomic E-state index is 0.0749. The highest BCUT2D eigenvalue weighted by Crippen LogP contribution is 2.24. The molecule has 4 aromatic rings. The molecule has 0 aliphatic heterocycles. The fourth-order valence-electron chi connectivity index (χ4n) is 2.84. The molecule has 4 rings (SSSR count). The molecule has 0 radical (unpaired) electrons. The molecule has 1 heterocycles. The number of nitriles is 1. The Kier molecular flexibility index (Phi) is 4.73. The van der Waals surface area contributed by atoms with Crippen molar-refractivity contribution in [3.63, 3.8) is 0 Å². The minimum atomic E-state index is -0.0749. The Morgan fingerprint density at radius 3 is 2.37 bits per heavy atom. The van der Waals surface area contributed by atoms with Crippen LogP contribution in [0.4, 0.5) is 0 Å². The van der Waals surface area contributed by atoms with Crippen LogP contribution >= 0.6 is 11.8 Å². The molecule has 0 fully saturated rings. The van der Waals surface area contributed by atoms with Gasteiger partial charge in [0.2, 0.25) is 0 Å². The lowest BCUT2D eigenvalue weighted by Gasteiger charge is -2.13. The summed E-state index contributed by atoms with van der Waals surface area (Å²) in [6, 6.07) is 26.5. The van der Waals surface area contributed by atoms with Crippen molar-refractivity contribution in [3.05, 3.63) is 100 Å². The third-order valence-electron chi connectivity index (χ3n) is 4.21. The Hall–Kier alpha value is -3.36. The van der Waals surface area contributed by atoms with Crippen molar-refractivity contribution in [1.29, 1.82) is 5.26 Å². The van der Waals surface area contributed by atoms with Crippen molar-refractivity contribution in [1.82, 2.24) is 9.55 Å². The quantitative estimate of drug-likeness (QED) is 0.391. The molecule has 4 nitrogen and oxygen atoms in total. The molecule has 0 spiro atoms. The van der Waals surface area contributed by atoms with Crippen molar-refractivity contribution in [2.45, 2.75) is 10.9 Å². The van der Waals surface area contributed by atoms with Crippen LogP contribution in [0.25, 0.3) is 16.6 Å². The predicted octanol–water partition coefficient (Wildman–Crippen LogP) is 4.55. The largest absolute Gasteiger partial charge is 0.268 e. The van der Waals surface area contributed by atoms with E-state index >= 15 is 0 Å². The monoisotopic (exact) mass is 369 g/mol. The van der Waals surface area contributed by atoms with Gasteiger partial charge in [-0.25, -0.2) is 4.98 Å². The van der Waals surface area contributed by atoms with Crippen molar-refractivity contribution in [2.75, 3.05) is 0 Å². The van der Waals surface area contributed by atoms with Crippen molar-refractivity contribution in [3.8, 4) is 11.8 Å². The number of rotatable bonds is 4. The SMILES string of the molecule is N#Cc1ccc(CSc2nc3ccccc3c(=O)n2-c2ccccc2)cc1. The first-order valence-corrected chi connectivity index (χ1v) is 9.44. The van der Waals surface area contributed by atoms with E-state index in [1.807, 2.05) is 60.7 Å². The Balaban J connectivity index is 1.78. The first-order chi connectivity index (χ1) is 13.3. The number of aromatic nitrogens is 2. The summed E-state index contributed by atoms with van der Waals surface area (Å²) in [6.07, 6.45) is 0. The van der Waals surface area contributed by atoms with E-state index < -0.39 is 0 Å². The molecule has 130 valence electrons. The third kappa shape index (κ3) is 3.48. The summed E-state index contributed by atoms with van der Waals surface area (Å²) in [5.41, 5.74) is 3.11. The van der Waals surface area contributed by atoms with Gasteiger partial charge in [-0.2, -0.15) is 5.26 Å². The van der Waals surface area contributed by atoms with E-state index in [1.54, 1.807) is 22.8 Å². The summed E-state index contributed by atoms with van der Waals surface area (Å²) >= 11 is 1.51. The molecule has 0 unspecified atom stereocenters. The summed E-state index contributed by atoms with van der Waals surface area (Å²) in [5.74, 6) is 0.656. The zero-order valence-corrected chi connectivity index (χ0v) is 15.2. The maximum absolute atomic E-state index is 13.1. The van der Waals surface area contributed by atoms with Gasteiger partial charge in [0.15, 0.2) is 5.16 Å². The Morgan fingerprint density at radius 1 is 0.926 bits per heavy atom. The van der Waals surface area contributed by atoms with E-state index in [0.29, 0.717) is 27.4 Å². The van der Waals surface area contributed by atoms with Gasteiger partial charge in [0.1, 0.15) is 0 Å². The van der Waals surface area contributed by atoms with Crippen LogP contribution in [-0.2, 0) is 5.75 Å². The fraction of sp³-hybridized carbons (Fsp3) is 0.0455. The van der Waals surface area contributed by atoms with Crippen LogP contribution in [-0.4, -0.2) is 9.55 Å². The fourth-order valence-corrected chi connectivity index (χ4v) is 3.81. The highest BCUT2D eigenvalue weighted by molar-refractivity contribution is 7.98.